The first-order valence-corrected chi connectivity index (χ1v) is 12.1. The SMILES string of the molecule is CCCN1CC=C[C@@H]2S[C@]34C=CCN(C(C)(C)C)C(=O)C3N(CCO)C(=O)[C@@H]4[C@@H]2C1=O. The molecule has 0 radical (unpaired) electrons. The van der Waals surface area contributed by atoms with Crippen LogP contribution in [-0.2, 0) is 14.4 Å². The van der Waals surface area contributed by atoms with E-state index in [1.165, 1.54) is 4.90 Å². The van der Waals surface area contributed by atoms with Gasteiger partial charge in [0, 0.05) is 37.0 Å². The van der Waals surface area contributed by atoms with Gasteiger partial charge >= 0.3 is 0 Å². The van der Waals surface area contributed by atoms with Crippen molar-refractivity contribution in [2.75, 3.05) is 32.8 Å². The Morgan fingerprint density at radius 2 is 1.84 bits per heavy atom. The highest BCUT2D eigenvalue weighted by atomic mass is 32.2. The number of amides is 3. The molecule has 4 heterocycles. The number of nitrogens with zero attached hydrogens (tertiary/aromatic N) is 3. The molecular weight excluding hydrogens is 414 g/mol. The predicted molar refractivity (Wildman–Crippen MR) is 120 cm³/mol. The van der Waals surface area contributed by atoms with Crippen LogP contribution in [0, 0.1) is 11.8 Å². The van der Waals surface area contributed by atoms with E-state index in [-0.39, 0.29) is 36.1 Å². The number of thioether (sulfide) groups is 1. The number of carbonyl (C=O) groups excluding carboxylic acids is 3. The minimum atomic E-state index is -0.798. The third-order valence-electron chi connectivity index (χ3n) is 6.89. The molecule has 4 aliphatic rings. The lowest BCUT2D eigenvalue weighted by atomic mass is 9.78. The molecule has 8 heteroatoms. The van der Waals surface area contributed by atoms with Crippen LogP contribution in [0.3, 0.4) is 0 Å². The van der Waals surface area contributed by atoms with Gasteiger partial charge in [0.2, 0.25) is 17.7 Å². The lowest BCUT2D eigenvalue weighted by Gasteiger charge is -2.40. The third kappa shape index (κ3) is 3.33. The summed E-state index contributed by atoms with van der Waals surface area (Å²) in [7, 11) is 0. The minimum absolute atomic E-state index is 0.00180. The normalized spacial score (nSPS) is 35.3. The topological polar surface area (TPSA) is 81.2 Å². The molecule has 7 nitrogen and oxygen atoms in total. The Bertz CT molecular complexity index is 835. The van der Waals surface area contributed by atoms with Crippen molar-refractivity contribution in [2.45, 2.75) is 55.7 Å². The van der Waals surface area contributed by atoms with Crippen molar-refractivity contribution in [3.63, 3.8) is 0 Å². The van der Waals surface area contributed by atoms with E-state index in [2.05, 4.69) is 6.08 Å². The first kappa shape index (κ1) is 22.4. The molecule has 1 N–H and O–H groups in total. The number of likely N-dealkylation sites (tertiary alicyclic amines) is 1. The average Bonchev–Trinajstić information content (AvgIpc) is 2.99. The number of hydrogen-bond acceptors (Lipinski definition) is 5. The van der Waals surface area contributed by atoms with Gasteiger partial charge in [-0.2, -0.15) is 0 Å². The highest BCUT2D eigenvalue weighted by molar-refractivity contribution is 8.02. The van der Waals surface area contributed by atoms with Crippen LogP contribution in [0.15, 0.2) is 24.3 Å². The second kappa shape index (κ2) is 7.96. The van der Waals surface area contributed by atoms with Gasteiger partial charge in [-0.1, -0.05) is 31.2 Å². The molecule has 0 saturated carbocycles. The molecule has 4 rings (SSSR count). The quantitative estimate of drug-likeness (QED) is 0.657. The number of hydrogen-bond donors (Lipinski definition) is 1. The van der Waals surface area contributed by atoms with Crippen LogP contribution in [0.4, 0.5) is 0 Å². The summed E-state index contributed by atoms with van der Waals surface area (Å²) in [6, 6.07) is -0.715. The first-order chi connectivity index (χ1) is 14.7. The van der Waals surface area contributed by atoms with Crippen molar-refractivity contribution in [1.82, 2.24) is 14.7 Å². The zero-order valence-corrected chi connectivity index (χ0v) is 19.6. The fraction of sp³-hybridized carbons (Fsp3) is 0.696. The summed E-state index contributed by atoms with van der Waals surface area (Å²) in [5, 5.41) is 9.55. The van der Waals surface area contributed by atoms with Gasteiger partial charge in [-0.05, 0) is 27.2 Å². The van der Waals surface area contributed by atoms with E-state index in [1.54, 1.807) is 16.7 Å². The van der Waals surface area contributed by atoms with Crippen LogP contribution < -0.4 is 0 Å². The van der Waals surface area contributed by atoms with Crippen LogP contribution in [0.5, 0.6) is 0 Å². The Morgan fingerprint density at radius 3 is 2.48 bits per heavy atom. The van der Waals surface area contributed by atoms with Gasteiger partial charge in [-0.3, -0.25) is 14.4 Å². The number of aliphatic hydroxyl groups is 1. The van der Waals surface area contributed by atoms with E-state index >= 15 is 0 Å². The summed E-state index contributed by atoms with van der Waals surface area (Å²) in [6.07, 6.45) is 8.94. The lowest BCUT2D eigenvalue weighted by molar-refractivity contribution is -0.146. The molecule has 2 fully saturated rings. The van der Waals surface area contributed by atoms with Gasteiger partial charge in [0.25, 0.3) is 0 Å². The molecule has 0 aromatic heterocycles. The van der Waals surface area contributed by atoms with E-state index in [1.807, 2.05) is 50.8 Å². The maximum atomic E-state index is 13.8. The molecule has 31 heavy (non-hydrogen) atoms. The van der Waals surface area contributed by atoms with Gasteiger partial charge < -0.3 is 19.8 Å². The standard InChI is InChI=1S/C23H33N3O4S/c1-5-10-24-11-6-8-15-16(19(24)28)17-20(29)25(13-14-27)18-21(30)26(22(2,3)4)12-7-9-23(17,18)31-15/h6-9,15-18,27H,5,10-14H2,1-4H3/t15-,16+,17-,18?,23-/m0/s1. The molecule has 1 unspecified atom stereocenters. The molecule has 1 spiro atoms. The molecule has 5 atom stereocenters. The van der Waals surface area contributed by atoms with Crippen LogP contribution in [0.1, 0.15) is 34.1 Å². The monoisotopic (exact) mass is 447 g/mol. The van der Waals surface area contributed by atoms with E-state index in [0.29, 0.717) is 19.6 Å². The van der Waals surface area contributed by atoms with Crippen molar-refractivity contribution in [2.24, 2.45) is 11.8 Å². The Kier molecular flexibility index (Phi) is 5.75. The molecule has 0 bridgehead atoms. The Balaban J connectivity index is 1.82. The zero-order chi connectivity index (χ0) is 22.6. The van der Waals surface area contributed by atoms with E-state index < -0.39 is 28.2 Å². The molecule has 4 aliphatic heterocycles. The number of rotatable bonds is 4. The third-order valence-corrected chi connectivity index (χ3v) is 8.63. The fourth-order valence-corrected chi connectivity index (χ4v) is 7.62. The molecule has 2 saturated heterocycles. The van der Waals surface area contributed by atoms with E-state index in [0.717, 1.165) is 6.42 Å². The largest absolute Gasteiger partial charge is 0.395 e. The molecule has 0 aromatic rings. The summed E-state index contributed by atoms with van der Waals surface area (Å²) >= 11 is 1.58. The summed E-state index contributed by atoms with van der Waals surface area (Å²) in [5.74, 6) is -1.39. The van der Waals surface area contributed by atoms with Crippen LogP contribution in [-0.4, -0.2) is 91.9 Å². The molecular formula is C23H33N3O4S. The van der Waals surface area contributed by atoms with Crippen LogP contribution in [0.2, 0.25) is 0 Å². The predicted octanol–water partition coefficient (Wildman–Crippen LogP) is 1.28. The highest BCUT2D eigenvalue weighted by Gasteiger charge is 2.71. The molecule has 3 amide bonds. The maximum absolute atomic E-state index is 13.8. The highest BCUT2D eigenvalue weighted by Crippen LogP contribution is 2.61. The second-order valence-electron chi connectivity index (χ2n) is 9.83. The number of carbonyl (C=O) groups is 3. The number of fused-ring (bicyclic) bond motifs is 2. The van der Waals surface area contributed by atoms with Crippen molar-refractivity contribution in [1.29, 1.82) is 0 Å². The number of aliphatic hydroxyl groups excluding tert-OH is 1. The summed E-state index contributed by atoms with van der Waals surface area (Å²) in [4.78, 5) is 46.3. The van der Waals surface area contributed by atoms with E-state index in [4.69, 9.17) is 0 Å². The van der Waals surface area contributed by atoms with Gasteiger partial charge in [0.15, 0.2) is 0 Å². The van der Waals surface area contributed by atoms with Crippen molar-refractivity contribution in [3.05, 3.63) is 24.3 Å². The molecule has 0 aromatic carbocycles. The van der Waals surface area contributed by atoms with Crippen LogP contribution >= 0.6 is 11.8 Å². The molecule has 170 valence electrons. The Labute approximate surface area is 188 Å². The van der Waals surface area contributed by atoms with Gasteiger partial charge in [0.1, 0.15) is 6.04 Å². The van der Waals surface area contributed by atoms with E-state index in [9.17, 15) is 19.5 Å². The maximum Gasteiger partial charge on any atom is 0.247 e. The first-order valence-electron chi connectivity index (χ1n) is 11.2. The number of β-amino-alcohol motifs (C(OH)–C–C–N with tert-alkyl or cyclic N) is 1. The van der Waals surface area contributed by atoms with Crippen molar-refractivity contribution < 1.29 is 19.5 Å². The van der Waals surface area contributed by atoms with Crippen molar-refractivity contribution >= 4 is 29.5 Å². The smallest absolute Gasteiger partial charge is 0.247 e. The Morgan fingerprint density at radius 1 is 1.10 bits per heavy atom. The molecule has 0 aliphatic carbocycles. The summed E-state index contributed by atoms with van der Waals surface area (Å²) < 4.78 is -0.798. The second-order valence-corrected chi connectivity index (χ2v) is 11.3. The van der Waals surface area contributed by atoms with Crippen molar-refractivity contribution in [3.8, 4) is 0 Å². The van der Waals surface area contributed by atoms with Gasteiger partial charge in [-0.25, -0.2) is 0 Å². The minimum Gasteiger partial charge on any atom is -0.395 e. The van der Waals surface area contributed by atoms with Crippen LogP contribution in [0.25, 0.3) is 0 Å². The van der Waals surface area contributed by atoms with Gasteiger partial charge in [0.05, 0.1) is 23.2 Å². The zero-order valence-electron chi connectivity index (χ0n) is 18.8. The fourth-order valence-electron chi connectivity index (χ4n) is 5.61. The summed E-state index contributed by atoms with van der Waals surface area (Å²) in [5.41, 5.74) is -0.403. The summed E-state index contributed by atoms with van der Waals surface area (Å²) in [6.45, 7) is 9.57. The Hall–Kier alpha value is -1.80. The lowest BCUT2D eigenvalue weighted by Crippen LogP contribution is -2.57. The van der Waals surface area contributed by atoms with Gasteiger partial charge in [-0.15, -0.1) is 11.8 Å². The average molecular weight is 448 g/mol.